The van der Waals surface area contributed by atoms with E-state index in [4.69, 9.17) is 5.73 Å². The molecule has 17 heavy (non-hydrogen) atoms. The number of thioether (sulfide) groups is 1. The summed E-state index contributed by atoms with van der Waals surface area (Å²) >= 11 is 2.03. The van der Waals surface area contributed by atoms with E-state index in [1.807, 2.05) is 34.6 Å². The third kappa shape index (κ3) is 2.17. The van der Waals surface area contributed by atoms with Gasteiger partial charge >= 0.3 is 0 Å². The van der Waals surface area contributed by atoms with Crippen molar-refractivity contribution in [2.75, 3.05) is 11.5 Å². The van der Waals surface area contributed by atoms with E-state index >= 15 is 0 Å². The summed E-state index contributed by atoms with van der Waals surface area (Å²) in [5.41, 5.74) is 7.66. The molecule has 0 unspecified atom stereocenters. The highest BCUT2D eigenvalue weighted by Crippen LogP contribution is 2.29. The van der Waals surface area contributed by atoms with Gasteiger partial charge in [0.2, 0.25) is 0 Å². The Balaban J connectivity index is 1.95. The second kappa shape index (κ2) is 4.66. The van der Waals surface area contributed by atoms with E-state index in [-0.39, 0.29) is 0 Å². The van der Waals surface area contributed by atoms with Gasteiger partial charge in [-0.2, -0.15) is 16.9 Å². The van der Waals surface area contributed by atoms with Crippen molar-refractivity contribution >= 4 is 17.4 Å². The Kier molecular flexibility index (Phi) is 3.03. The zero-order valence-corrected chi connectivity index (χ0v) is 10.5. The zero-order valence-electron chi connectivity index (χ0n) is 9.67. The van der Waals surface area contributed by atoms with Gasteiger partial charge in [-0.3, -0.25) is 0 Å². The average molecular weight is 248 g/mol. The highest BCUT2D eigenvalue weighted by Gasteiger charge is 2.20. The van der Waals surface area contributed by atoms with Crippen molar-refractivity contribution in [3.05, 3.63) is 29.7 Å². The lowest BCUT2D eigenvalue weighted by Crippen LogP contribution is -2.09. The third-order valence-electron chi connectivity index (χ3n) is 3.24. The maximum Gasteiger partial charge on any atom is 0.155 e. The molecular formula is C12H16N4S. The summed E-state index contributed by atoms with van der Waals surface area (Å²) < 4.78 is 1.86. The number of aromatic nitrogens is 3. The van der Waals surface area contributed by atoms with Crippen LogP contribution in [-0.4, -0.2) is 26.1 Å². The number of hydrogen-bond acceptors (Lipinski definition) is 4. The van der Waals surface area contributed by atoms with Crippen molar-refractivity contribution in [3.8, 4) is 0 Å². The van der Waals surface area contributed by atoms with Gasteiger partial charge < -0.3 is 5.73 Å². The molecule has 0 aromatic carbocycles. The standard InChI is InChI=1S/C12H16N4S/c13-8-9-1-4-16-11(7-9)14-12(15-16)10-2-5-17-6-3-10/h1,4,7,10H,2-3,5-6,8,13H2. The summed E-state index contributed by atoms with van der Waals surface area (Å²) in [5, 5.41) is 4.57. The van der Waals surface area contributed by atoms with Gasteiger partial charge in [-0.25, -0.2) is 9.50 Å². The molecule has 5 heteroatoms. The van der Waals surface area contributed by atoms with E-state index < -0.39 is 0 Å². The van der Waals surface area contributed by atoms with Crippen molar-refractivity contribution in [3.63, 3.8) is 0 Å². The number of nitrogens with two attached hydrogens (primary N) is 1. The molecule has 1 aliphatic rings. The molecule has 0 saturated carbocycles. The monoisotopic (exact) mass is 248 g/mol. The van der Waals surface area contributed by atoms with Gasteiger partial charge in [-0.15, -0.1) is 0 Å². The molecule has 0 radical (unpaired) electrons. The summed E-state index contributed by atoms with van der Waals surface area (Å²) in [6.07, 6.45) is 4.35. The first-order valence-corrected chi connectivity index (χ1v) is 7.15. The van der Waals surface area contributed by atoms with Crippen molar-refractivity contribution < 1.29 is 0 Å². The van der Waals surface area contributed by atoms with Crippen molar-refractivity contribution in [2.24, 2.45) is 5.73 Å². The molecule has 3 heterocycles. The minimum atomic E-state index is 0.539. The lowest BCUT2D eigenvalue weighted by atomic mass is 10.0. The first-order chi connectivity index (χ1) is 8.36. The Hall–Kier alpha value is -1.07. The van der Waals surface area contributed by atoms with Crippen LogP contribution in [0.25, 0.3) is 5.65 Å². The topological polar surface area (TPSA) is 56.2 Å². The minimum absolute atomic E-state index is 0.539. The minimum Gasteiger partial charge on any atom is -0.326 e. The molecule has 0 atom stereocenters. The van der Waals surface area contributed by atoms with Gasteiger partial charge in [-0.05, 0) is 42.0 Å². The second-order valence-corrected chi connectivity index (χ2v) is 5.62. The summed E-state index contributed by atoms with van der Waals surface area (Å²) in [6, 6.07) is 4.02. The molecule has 0 spiro atoms. The molecule has 2 aromatic rings. The second-order valence-electron chi connectivity index (χ2n) is 4.40. The van der Waals surface area contributed by atoms with Crippen LogP contribution in [0.5, 0.6) is 0 Å². The first kappa shape index (κ1) is 11.0. The quantitative estimate of drug-likeness (QED) is 0.880. The summed E-state index contributed by atoms with van der Waals surface area (Å²) in [4.78, 5) is 4.63. The number of fused-ring (bicyclic) bond motifs is 1. The fourth-order valence-corrected chi connectivity index (χ4v) is 3.30. The maximum atomic E-state index is 5.63. The Morgan fingerprint density at radius 3 is 3.00 bits per heavy atom. The third-order valence-corrected chi connectivity index (χ3v) is 4.29. The first-order valence-electron chi connectivity index (χ1n) is 6.00. The molecule has 0 amide bonds. The van der Waals surface area contributed by atoms with Crippen molar-refractivity contribution in [2.45, 2.75) is 25.3 Å². The molecule has 1 fully saturated rings. The molecule has 1 aliphatic heterocycles. The van der Waals surface area contributed by atoms with Gasteiger partial charge in [0.25, 0.3) is 0 Å². The molecule has 4 nitrogen and oxygen atoms in total. The molecule has 3 rings (SSSR count). The SMILES string of the molecule is NCc1ccn2nc(C3CCSCC3)nc2c1. The van der Waals surface area contributed by atoms with Gasteiger partial charge in [0.1, 0.15) is 0 Å². The van der Waals surface area contributed by atoms with Crippen LogP contribution < -0.4 is 5.73 Å². The Bertz CT molecular complexity index is 516. The lowest BCUT2D eigenvalue weighted by Gasteiger charge is -2.17. The largest absolute Gasteiger partial charge is 0.326 e. The van der Waals surface area contributed by atoms with Crippen LogP contribution in [-0.2, 0) is 6.54 Å². The molecule has 90 valence electrons. The smallest absolute Gasteiger partial charge is 0.155 e. The van der Waals surface area contributed by atoms with Crippen LogP contribution in [0.2, 0.25) is 0 Å². The average Bonchev–Trinajstić information content (AvgIpc) is 2.82. The summed E-state index contributed by atoms with van der Waals surface area (Å²) in [5.74, 6) is 4.00. The van der Waals surface area contributed by atoms with Crippen LogP contribution in [0.3, 0.4) is 0 Å². The van der Waals surface area contributed by atoms with Crippen LogP contribution in [0.4, 0.5) is 0 Å². The van der Waals surface area contributed by atoms with Gasteiger partial charge in [0.05, 0.1) is 0 Å². The fourth-order valence-electron chi connectivity index (χ4n) is 2.20. The van der Waals surface area contributed by atoms with E-state index in [1.165, 1.54) is 24.3 Å². The van der Waals surface area contributed by atoms with Crippen LogP contribution >= 0.6 is 11.8 Å². The van der Waals surface area contributed by atoms with Gasteiger partial charge in [0.15, 0.2) is 11.5 Å². The van der Waals surface area contributed by atoms with E-state index in [2.05, 4.69) is 10.1 Å². The lowest BCUT2D eigenvalue weighted by molar-refractivity contribution is 0.598. The molecule has 2 N–H and O–H groups in total. The maximum absolute atomic E-state index is 5.63. The van der Waals surface area contributed by atoms with Crippen LogP contribution in [0.15, 0.2) is 18.3 Å². The Morgan fingerprint density at radius 2 is 2.24 bits per heavy atom. The highest BCUT2D eigenvalue weighted by atomic mass is 32.2. The van der Waals surface area contributed by atoms with Crippen molar-refractivity contribution in [1.82, 2.24) is 14.6 Å². The van der Waals surface area contributed by atoms with E-state index in [1.54, 1.807) is 0 Å². The number of nitrogens with zero attached hydrogens (tertiary/aromatic N) is 3. The highest BCUT2D eigenvalue weighted by molar-refractivity contribution is 7.99. The Labute approximate surface area is 105 Å². The van der Waals surface area contributed by atoms with Crippen LogP contribution in [0, 0.1) is 0 Å². The molecule has 0 aliphatic carbocycles. The normalized spacial score (nSPS) is 17.7. The molecular weight excluding hydrogens is 232 g/mol. The summed E-state index contributed by atoms with van der Waals surface area (Å²) in [6.45, 7) is 0.554. The predicted molar refractivity (Wildman–Crippen MR) is 70.2 cm³/mol. The number of rotatable bonds is 2. The molecule has 1 saturated heterocycles. The van der Waals surface area contributed by atoms with E-state index in [0.29, 0.717) is 12.5 Å². The summed E-state index contributed by atoms with van der Waals surface area (Å²) in [7, 11) is 0. The van der Waals surface area contributed by atoms with Gasteiger partial charge in [0, 0.05) is 18.7 Å². The molecule has 0 bridgehead atoms. The predicted octanol–water partition coefficient (Wildman–Crippen LogP) is 1.80. The van der Waals surface area contributed by atoms with E-state index in [0.717, 1.165) is 17.0 Å². The number of pyridine rings is 1. The van der Waals surface area contributed by atoms with Crippen LogP contribution in [0.1, 0.15) is 30.1 Å². The zero-order chi connectivity index (χ0) is 11.7. The number of hydrogen-bond donors (Lipinski definition) is 1. The van der Waals surface area contributed by atoms with Crippen molar-refractivity contribution in [1.29, 1.82) is 0 Å². The molecule has 2 aromatic heterocycles. The van der Waals surface area contributed by atoms with Gasteiger partial charge in [-0.1, -0.05) is 0 Å². The Morgan fingerprint density at radius 1 is 1.41 bits per heavy atom. The van der Waals surface area contributed by atoms with E-state index in [9.17, 15) is 0 Å². The fraction of sp³-hybridized carbons (Fsp3) is 0.500.